The van der Waals surface area contributed by atoms with Gasteiger partial charge in [0, 0.05) is 27.5 Å². The Morgan fingerprint density at radius 3 is 2.09 bits per heavy atom. The minimum Gasteiger partial charge on any atom is -0.353 e. The molecule has 0 saturated heterocycles. The van der Waals surface area contributed by atoms with Gasteiger partial charge in [0.2, 0.25) is 0 Å². The van der Waals surface area contributed by atoms with Crippen molar-refractivity contribution >= 4 is 63.5 Å². The molecule has 228 valence electrons. The van der Waals surface area contributed by atoms with Gasteiger partial charge in [0.05, 0.1) is 28.7 Å². The zero-order valence-corrected chi connectivity index (χ0v) is 25.6. The summed E-state index contributed by atoms with van der Waals surface area (Å²) in [5, 5.41) is 15.6. The number of amides is 4. The van der Waals surface area contributed by atoms with Gasteiger partial charge in [-0.05, 0) is 66.6 Å². The molecule has 5 N–H and O–H groups in total. The number of nitrogens with one attached hydrogen (secondary N) is 5. The number of rotatable bonds is 8. The first kappa shape index (κ1) is 30.2. The normalized spacial score (nSPS) is 13.6. The van der Waals surface area contributed by atoms with Crippen LogP contribution in [0.2, 0.25) is 5.02 Å². The Morgan fingerprint density at radius 1 is 0.696 bits per heavy atom. The van der Waals surface area contributed by atoms with E-state index in [1.54, 1.807) is 60.7 Å². The fourth-order valence-electron chi connectivity index (χ4n) is 5.23. The molecular formula is C37H30ClN5O3. The molecule has 5 aromatic rings. The molecule has 9 heteroatoms. The lowest BCUT2D eigenvalue weighted by Gasteiger charge is -2.18. The summed E-state index contributed by atoms with van der Waals surface area (Å²) >= 11 is 6.07. The fourth-order valence-corrected chi connectivity index (χ4v) is 5.42. The van der Waals surface area contributed by atoms with E-state index < -0.39 is 6.03 Å². The Bertz CT molecular complexity index is 1960. The number of carbonyl (C=O) groups excluding carboxylic acids is 3. The van der Waals surface area contributed by atoms with Crippen molar-refractivity contribution in [3.05, 3.63) is 155 Å². The molecule has 46 heavy (non-hydrogen) atoms. The molecule has 0 aromatic heterocycles. The van der Waals surface area contributed by atoms with Crippen molar-refractivity contribution in [3.63, 3.8) is 0 Å². The van der Waals surface area contributed by atoms with Gasteiger partial charge in [-0.1, -0.05) is 90.5 Å². The van der Waals surface area contributed by atoms with E-state index in [2.05, 4.69) is 26.6 Å². The summed E-state index contributed by atoms with van der Waals surface area (Å²) < 4.78 is 0. The molecular weight excluding hydrogens is 598 g/mol. The second-order valence-corrected chi connectivity index (χ2v) is 11.1. The smallest absolute Gasteiger partial charge is 0.323 e. The molecule has 1 heterocycles. The van der Waals surface area contributed by atoms with Crippen molar-refractivity contribution in [1.29, 1.82) is 0 Å². The number of fused-ring (bicyclic) bond motifs is 1. The van der Waals surface area contributed by atoms with Gasteiger partial charge < -0.3 is 26.6 Å². The molecule has 1 atom stereocenters. The van der Waals surface area contributed by atoms with Crippen LogP contribution in [0.4, 0.5) is 27.5 Å². The molecule has 1 aliphatic heterocycles. The summed E-state index contributed by atoms with van der Waals surface area (Å²) in [7, 11) is 0. The number of benzene rings is 5. The second kappa shape index (κ2) is 13.4. The number of carbonyl (C=O) groups is 3. The number of urea groups is 1. The number of halogens is 1. The molecule has 0 radical (unpaired) electrons. The first-order valence-corrected chi connectivity index (χ1v) is 15.0. The van der Waals surface area contributed by atoms with Gasteiger partial charge in [0.25, 0.3) is 11.8 Å². The van der Waals surface area contributed by atoms with Gasteiger partial charge in [-0.2, -0.15) is 0 Å². The van der Waals surface area contributed by atoms with Crippen LogP contribution in [0.15, 0.2) is 127 Å². The van der Waals surface area contributed by atoms with E-state index in [4.69, 9.17) is 11.6 Å². The predicted molar refractivity (Wildman–Crippen MR) is 185 cm³/mol. The van der Waals surface area contributed by atoms with E-state index in [-0.39, 0.29) is 17.9 Å². The molecule has 0 spiro atoms. The summed E-state index contributed by atoms with van der Waals surface area (Å²) in [6.07, 6.45) is 0. The lowest BCUT2D eigenvalue weighted by Crippen LogP contribution is -2.26. The van der Waals surface area contributed by atoms with Crippen molar-refractivity contribution in [3.8, 4) is 0 Å². The predicted octanol–water partition coefficient (Wildman–Crippen LogP) is 8.41. The van der Waals surface area contributed by atoms with Gasteiger partial charge in [0.1, 0.15) is 0 Å². The quantitative estimate of drug-likeness (QED) is 0.111. The van der Waals surface area contributed by atoms with E-state index in [0.717, 1.165) is 11.1 Å². The van der Waals surface area contributed by atoms with E-state index in [0.29, 0.717) is 50.2 Å². The zero-order valence-electron chi connectivity index (χ0n) is 24.8. The largest absolute Gasteiger partial charge is 0.353 e. The highest BCUT2D eigenvalue weighted by atomic mass is 35.5. The van der Waals surface area contributed by atoms with Crippen LogP contribution in [-0.2, 0) is 4.79 Å². The van der Waals surface area contributed by atoms with Crippen LogP contribution >= 0.6 is 11.6 Å². The maximum Gasteiger partial charge on any atom is 0.323 e. The molecule has 1 aliphatic rings. The van der Waals surface area contributed by atoms with Crippen molar-refractivity contribution in [1.82, 2.24) is 5.32 Å². The number of hydrogen-bond donors (Lipinski definition) is 5. The highest BCUT2D eigenvalue weighted by Gasteiger charge is 2.30. The minimum atomic E-state index is -0.463. The van der Waals surface area contributed by atoms with Crippen LogP contribution in [0, 0.1) is 0 Å². The summed E-state index contributed by atoms with van der Waals surface area (Å²) in [6.45, 7) is 1.93. The monoisotopic (exact) mass is 627 g/mol. The third-order valence-corrected chi connectivity index (χ3v) is 7.74. The summed E-state index contributed by atoms with van der Waals surface area (Å²) in [5.41, 5.74) is 5.78. The molecule has 8 nitrogen and oxygen atoms in total. The maximum atomic E-state index is 13.6. The van der Waals surface area contributed by atoms with Crippen LogP contribution in [0.1, 0.15) is 40.0 Å². The van der Waals surface area contributed by atoms with E-state index >= 15 is 0 Å². The third kappa shape index (κ3) is 6.77. The maximum absolute atomic E-state index is 13.6. The lowest BCUT2D eigenvalue weighted by molar-refractivity contribution is -0.110. The molecule has 4 amide bonds. The third-order valence-electron chi connectivity index (χ3n) is 7.50. The minimum absolute atomic E-state index is 0.210. The molecule has 6 rings (SSSR count). The molecule has 0 fully saturated rings. The van der Waals surface area contributed by atoms with E-state index in [9.17, 15) is 14.4 Å². The van der Waals surface area contributed by atoms with Crippen LogP contribution in [-0.4, -0.2) is 17.8 Å². The number of hydrogen-bond acceptors (Lipinski definition) is 4. The Kier molecular flexibility index (Phi) is 8.80. The Morgan fingerprint density at radius 2 is 1.37 bits per heavy atom. The van der Waals surface area contributed by atoms with E-state index in [1.165, 1.54) is 0 Å². The van der Waals surface area contributed by atoms with Gasteiger partial charge in [-0.3, -0.25) is 9.59 Å². The number of para-hydroxylation sites is 2. The summed E-state index contributed by atoms with van der Waals surface area (Å²) in [4.78, 5) is 39.9. The van der Waals surface area contributed by atoms with Gasteiger partial charge in [0.15, 0.2) is 0 Å². The molecule has 0 aliphatic carbocycles. The lowest BCUT2D eigenvalue weighted by atomic mass is 9.98. The molecule has 5 aromatic carbocycles. The fraction of sp³-hybridized carbons (Fsp3) is 0.0541. The van der Waals surface area contributed by atoms with Crippen LogP contribution in [0.5, 0.6) is 0 Å². The van der Waals surface area contributed by atoms with E-state index in [1.807, 2.05) is 73.7 Å². The van der Waals surface area contributed by atoms with Gasteiger partial charge in [-0.15, -0.1) is 0 Å². The Balaban J connectivity index is 1.34. The SMILES string of the molecule is CC(NC(=O)c1ccc2c(c1)/C(=C(/Nc1ccccc1NC(=O)Nc1cccc(Cl)c1)c1ccccc1)C(=O)N2)c1ccccc1. The average molecular weight is 628 g/mol. The summed E-state index contributed by atoms with van der Waals surface area (Å²) in [6, 6.07) is 37.7. The van der Waals surface area contributed by atoms with Gasteiger partial charge >= 0.3 is 6.03 Å². The molecule has 0 bridgehead atoms. The zero-order chi connectivity index (χ0) is 32.0. The highest BCUT2D eigenvalue weighted by Crippen LogP contribution is 2.39. The molecule has 0 saturated carbocycles. The average Bonchev–Trinajstić information content (AvgIpc) is 3.39. The summed E-state index contributed by atoms with van der Waals surface area (Å²) in [5.74, 6) is -0.576. The Hall–Kier alpha value is -5.86. The van der Waals surface area contributed by atoms with Crippen LogP contribution < -0.4 is 26.6 Å². The standard InChI is InChI=1S/C37H30ClN5O3/c1-23(24-11-4-2-5-12-24)39-35(44)26-19-20-30-29(21-26)33(36(45)42-30)34(25-13-6-3-7-14-25)41-31-17-8-9-18-32(31)43-37(46)40-28-16-10-15-27(38)22-28/h2-23,41H,1H3,(H,39,44)(H,42,45)(H2,40,43,46)/b34-33-. The second-order valence-electron chi connectivity index (χ2n) is 10.7. The van der Waals surface area contributed by atoms with Crippen molar-refractivity contribution in [2.24, 2.45) is 0 Å². The van der Waals surface area contributed by atoms with Crippen LogP contribution in [0.25, 0.3) is 11.3 Å². The molecule has 1 unspecified atom stereocenters. The number of anilines is 4. The van der Waals surface area contributed by atoms with Crippen molar-refractivity contribution in [2.45, 2.75) is 13.0 Å². The van der Waals surface area contributed by atoms with Crippen molar-refractivity contribution in [2.75, 3.05) is 21.3 Å². The Labute approximate surface area is 271 Å². The first-order chi connectivity index (χ1) is 22.4. The first-order valence-electron chi connectivity index (χ1n) is 14.7. The van der Waals surface area contributed by atoms with Crippen molar-refractivity contribution < 1.29 is 14.4 Å². The topological polar surface area (TPSA) is 111 Å². The van der Waals surface area contributed by atoms with Crippen LogP contribution in [0.3, 0.4) is 0 Å². The van der Waals surface area contributed by atoms with Gasteiger partial charge in [-0.25, -0.2) is 4.79 Å². The highest BCUT2D eigenvalue weighted by molar-refractivity contribution is 6.37.